The maximum Gasteiger partial charge on any atom is 0.293 e. The minimum absolute atomic E-state index is 0.181. The van der Waals surface area contributed by atoms with E-state index in [-0.39, 0.29) is 12.5 Å². The van der Waals surface area contributed by atoms with Gasteiger partial charge in [0.1, 0.15) is 12.1 Å². The molecule has 26 heavy (non-hydrogen) atoms. The average molecular weight is 376 g/mol. The van der Waals surface area contributed by atoms with Crippen molar-refractivity contribution in [2.75, 3.05) is 20.3 Å². The van der Waals surface area contributed by atoms with Gasteiger partial charge in [-0.25, -0.2) is 9.36 Å². The van der Waals surface area contributed by atoms with Crippen LogP contribution in [0.5, 0.6) is 0 Å². The summed E-state index contributed by atoms with van der Waals surface area (Å²) in [6.07, 6.45) is 1.59. The highest BCUT2D eigenvalue weighted by Crippen LogP contribution is 2.19. The summed E-state index contributed by atoms with van der Waals surface area (Å²) in [4.78, 5) is 24.9. The molecular weight excluding hydrogens is 358 g/mol. The number of aromatic nitrogens is 4. The Morgan fingerprint density at radius 2 is 2.19 bits per heavy atom. The topological polar surface area (TPSA) is 91.0 Å². The predicted molar refractivity (Wildman–Crippen MR) is 97.8 cm³/mol. The van der Waals surface area contributed by atoms with Crippen LogP contribution in [0, 0.1) is 6.92 Å². The van der Waals surface area contributed by atoms with Crippen molar-refractivity contribution in [2.24, 2.45) is 0 Å². The lowest BCUT2D eigenvalue weighted by Crippen LogP contribution is -2.35. The SMILES string of the molecule is COCCNC(=O)Cn1nc(C)c2cnn(-c3cccc(Cl)c3)c2c1=O. The van der Waals surface area contributed by atoms with Crippen molar-refractivity contribution in [3.8, 4) is 5.69 Å². The van der Waals surface area contributed by atoms with Gasteiger partial charge >= 0.3 is 0 Å². The summed E-state index contributed by atoms with van der Waals surface area (Å²) in [5.41, 5.74) is 1.22. The first-order valence-electron chi connectivity index (χ1n) is 7.98. The van der Waals surface area contributed by atoms with Crippen LogP contribution in [0.4, 0.5) is 0 Å². The number of methoxy groups -OCH3 is 1. The van der Waals surface area contributed by atoms with Crippen LogP contribution in [0.15, 0.2) is 35.3 Å². The zero-order valence-electron chi connectivity index (χ0n) is 14.4. The van der Waals surface area contributed by atoms with Crippen LogP contribution < -0.4 is 10.9 Å². The lowest BCUT2D eigenvalue weighted by atomic mass is 10.2. The summed E-state index contributed by atoms with van der Waals surface area (Å²) in [7, 11) is 1.55. The molecule has 1 amide bonds. The second-order valence-corrected chi connectivity index (χ2v) is 6.13. The first-order chi connectivity index (χ1) is 12.5. The van der Waals surface area contributed by atoms with Gasteiger partial charge in [-0.15, -0.1) is 0 Å². The Morgan fingerprint density at radius 1 is 1.38 bits per heavy atom. The molecule has 0 aliphatic heterocycles. The summed E-state index contributed by atoms with van der Waals surface area (Å²) in [6, 6.07) is 7.04. The molecule has 0 bridgehead atoms. The van der Waals surface area contributed by atoms with Crippen molar-refractivity contribution in [1.29, 1.82) is 0 Å². The number of carbonyl (C=O) groups excluding carboxylic acids is 1. The molecule has 1 N–H and O–H groups in total. The van der Waals surface area contributed by atoms with E-state index in [4.69, 9.17) is 16.3 Å². The van der Waals surface area contributed by atoms with Crippen molar-refractivity contribution in [3.63, 3.8) is 0 Å². The Bertz CT molecular complexity index is 1010. The summed E-state index contributed by atoms with van der Waals surface area (Å²) < 4.78 is 7.54. The van der Waals surface area contributed by atoms with E-state index in [1.54, 1.807) is 44.5 Å². The molecule has 2 heterocycles. The zero-order chi connectivity index (χ0) is 18.7. The molecule has 0 aliphatic carbocycles. The lowest BCUT2D eigenvalue weighted by molar-refractivity contribution is -0.122. The largest absolute Gasteiger partial charge is 0.383 e. The first kappa shape index (κ1) is 18.1. The molecule has 0 saturated carbocycles. The molecule has 3 aromatic rings. The molecule has 136 valence electrons. The van der Waals surface area contributed by atoms with Gasteiger partial charge in [0.25, 0.3) is 5.56 Å². The van der Waals surface area contributed by atoms with E-state index in [1.807, 2.05) is 0 Å². The van der Waals surface area contributed by atoms with E-state index in [0.717, 1.165) is 4.68 Å². The second kappa shape index (κ2) is 7.67. The average Bonchev–Trinajstić information content (AvgIpc) is 3.05. The Morgan fingerprint density at radius 3 is 2.92 bits per heavy atom. The zero-order valence-corrected chi connectivity index (χ0v) is 15.2. The van der Waals surface area contributed by atoms with Crippen molar-refractivity contribution in [3.05, 3.63) is 51.5 Å². The van der Waals surface area contributed by atoms with E-state index in [9.17, 15) is 9.59 Å². The highest BCUT2D eigenvalue weighted by atomic mass is 35.5. The number of nitrogens with zero attached hydrogens (tertiary/aromatic N) is 4. The van der Waals surface area contributed by atoms with E-state index >= 15 is 0 Å². The summed E-state index contributed by atoms with van der Waals surface area (Å²) in [5.74, 6) is -0.316. The first-order valence-corrected chi connectivity index (χ1v) is 8.36. The van der Waals surface area contributed by atoms with E-state index < -0.39 is 5.56 Å². The van der Waals surface area contributed by atoms with Gasteiger partial charge in [0.05, 0.1) is 24.2 Å². The standard InChI is InChI=1S/C17H18ClN5O3/c1-11-14-9-20-23(13-5-3-4-12(18)8-13)16(14)17(25)22(21-11)10-15(24)19-6-7-26-2/h3-5,8-9H,6-7,10H2,1-2H3,(H,19,24). The summed E-state index contributed by atoms with van der Waals surface area (Å²) in [5, 5.41) is 12.4. The van der Waals surface area contributed by atoms with Crippen LogP contribution >= 0.6 is 11.6 Å². The van der Waals surface area contributed by atoms with E-state index in [0.29, 0.717) is 40.5 Å². The van der Waals surface area contributed by atoms with Gasteiger partial charge in [0, 0.05) is 24.1 Å². The number of halogens is 1. The molecule has 0 fully saturated rings. The predicted octanol–water partition coefficient (Wildman–Crippen LogP) is 1.31. The molecule has 9 heteroatoms. The van der Waals surface area contributed by atoms with Crippen molar-refractivity contribution in [2.45, 2.75) is 13.5 Å². The van der Waals surface area contributed by atoms with Crippen LogP contribution in [0.1, 0.15) is 5.69 Å². The van der Waals surface area contributed by atoms with Crippen molar-refractivity contribution >= 4 is 28.4 Å². The number of rotatable bonds is 6. The number of aryl methyl sites for hydroxylation is 1. The maximum atomic E-state index is 12.9. The summed E-state index contributed by atoms with van der Waals surface area (Å²) >= 11 is 6.04. The monoisotopic (exact) mass is 375 g/mol. The number of benzene rings is 1. The molecule has 2 aromatic heterocycles. The third-order valence-corrected chi connectivity index (χ3v) is 4.08. The van der Waals surface area contributed by atoms with Gasteiger partial charge in [0.2, 0.25) is 5.91 Å². The third-order valence-electron chi connectivity index (χ3n) is 3.84. The minimum atomic E-state index is -0.398. The van der Waals surface area contributed by atoms with Crippen LogP contribution in [0.2, 0.25) is 5.02 Å². The van der Waals surface area contributed by atoms with Crippen molar-refractivity contribution < 1.29 is 9.53 Å². The Labute approximate surface area is 154 Å². The van der Waals surface area contributed by atoms with Gasteiger partial charge in [-0.05, 0) is 25.1 Å². The molecule has 0 radical (unpaired) electrons. The van der Waals surface area contributed by atoms with Gasteiger partial charge < -0.3 is 10.1 Å². The van der Waals surface area contributed by atoms with Crippen LogP contribution in [-0.4, -0.2) is 45.7 Å². The van der Waals surface area contributed by atoms with Crippen LogP contribution in [-0.2, 0) is 16.1 Å². The van der Waals surface area contributed by atoms with Gasteiger partial charge in [0.15, 0.2) is 0 Å². The molecule has 0 atom stereocenters. The normalized spacial score (nSPS) is 11.0. The third kappa shape index (κ3) is 3.61. The lowest BCUT2D eigenvalue weighted by Gasteiger charge is -2.09. The van der Waals surface area contributed by atoms with E-state index in [1.165, 1.54) is 4.68 Å². The second-order valence-electron chi connectivity index (χ2n) is 5.69. The fourth-order valence-electron chi connectivity index (χ4n) is 2.62. The summed E-state index contributed by atoms with van der Waals surface area (Å²) in [6.45, 7) is 2.35. The highest BCUT2D eigenvalue weighted by Gasteiger charge is 2.16. The Hall–Kier alpha value is -2.71. The molecule has 3 rings (SSSR count). The van der Waals surface area contributed by atoms with Gasteiger partial charge in [-0.2, -0.15) is 10.2 Å². The number of ether oxygens (including phenoxy) is 1. The molecule has 0 spiro atoms. The highest BCUT2D eigenvalue weighted by molar-refractivity contribution is 6.30. The molecule has 8 nitrogen and oxygen atoms in total. The fourth-order valence-corrected chi connectivity index (χ4v) is 2.80. The van der Waals surface area contributed by atoms with Crippen molar-refractivity contribution in [1.82, 2.24) is 24.9 Å². The smallest absolute Gasteiger partial charge is 0.293 e. The van der Waals surface area contributed by atoms with E-state index in [2.05, 4.69) is 15.5 Å². The number of fused-ring (bicyclic) bond motifs is 1. The van der Waals surface area contributed by atoms with Gasteiger partial charge in [-0.3, -0.25) is 9.59 Å². The number of amides is 1. The number of carbonyl (C=O) groups is 1. The van der Waals surface area contributed by atoms with Crippen LogP contribution in [0.3, 0.4) is 0 Å². The fraction of sp³-hybridized carbons (Fsp3) is 0.294. The van der Waals surface area contributed by atoms with Gasteiger partial charge in [-0.1, -0.05) is 17.7 Å². The molecule has 0 saturated heterocycles. The molecule has 0 unspecified atom stereocenters. The Balaban J connectivity index is 2.02. The quantitative estimate of drug-likeness (QED) is 0.656. The maximum absolute atomic E-state index is 12.9. The van der Waals surface area contributed by atoms with Crippen LogP contribution in [0.25, 0.3) is 16.6 Å². The Kier molecular flexibility index (Phi) is 5.34. The molecular formula is C17H18ClN5O3. The number of hydrogen-bond donors (Lipinski definition) is 1. The molecule has 1 aromatic carbocycles. The minimum Gasteiger partial charge on any atom is -0.383 e. The number of hydrogen-bond acceptors (Lipinski definition) is 5. The number of nitrogens with one attached hydrogen (secondary N) is 1. The molecule has 0 aliphatic rings.